The molecular weight excluding hydrogens is 402 g/mol. The van der Waals surface area contributed by atoms with Gasteiger partial charge in [-0.15, -0.1) is 0 Å². The standard InChI is InChI=1S/C18H20BrN3O4/c1-2-22(10-12-4-3-5-14(19)8-12)16-7-6-13(9-20-16)17(24)21-15(11-23)18(25)26/h3-9,15,23H,2,10-11H2,1H3,(H,21,24)(H,25,26). The van der Waals surface area contributed by atoms with E-state index in [1.807, 2.05) is 31.2 Å². The summed E-state index contributed by atoms with van der Waals surface area (Å²) >= 11 is 3.45. The molecule has 3 N–H and O–H groups in total. The molecule has 2 aromatic rings. The van der Waals surface area contributed by atoms with Gasteiger partial charge in [0.25, 0.3) is 5.91 Å². The second-order valence-electron chi connectivity index (χ2n) is 5.60. The molecule has 0 aliphatic carbocycles. The molecule has 2 rings (SSSR count). The first-order valence-corrected chi connectivity index (χ1v) is 8.83. The van der Waals surface area contributed by atoms with E-state index in [0.717, 1.165) is 16.6 Å². The average Bonchev–Trinajstić information content (AvgIpc) is 2.64. The second-order valence-corrected chi connectivity index (χ2v) is 6.51. The molecule has 1 unspecified atom stereocenters. The first-order valence-electron chi connectivity index (χ1n) is 8.04. The zero-order valence-corrected chi connectivity index (χ0v) is 15.8. The van der Waals surface area contributed by atoms with Crippen LogP contribution in [0.5, 0.6) is 0 Å². The predicted molar refractivity (Wildman–Crippen MR) is 101 cm³/mol. The van der Waals surface area contributed by atoms with Crippen molar-refractivity contribution in [3.8, 4) is 0 Å². The molecule has 1 heterocycles. The van der Waals surface area contributed by atoms with E-state index in [2.05, 4.69) is 31.1 Å². The molecule has 138 valence electrons. The summed E-state index contributed by atoms with van der Waals surface area (Å²) in [4.78, 5) is 29.3. The molecule has 0 saturated carbocycles. The lowest BCUT2D eigenvalue weighted by atomic mass is 10.2. The average molecular weight is 422 g/mol. The van der Waals surface area contributed by atoms with Gasteiger partial charge < -0.3 is 20.4 Å². The summed E-state index contributed by atoms with van der Waals surface area (Å²) in [5, 5.41) is 20.1. The molecule has 26 heavy (non-hydrogen) atoms. The Morgan fingerprint density at radius 2 is 2.08 bits per heavy atom. The number of nitrogens with one attached hydrogen (secondary N) is 1. The predicted octanol–water partition coefficient (Wildman–Crippen LogP) is 2.05. The van der Waals surface area contributed by atoms with Gasteiger partial charge in [-0.2, -0.15) is 0 Å². The maximum atomic E-state index is 12.1. The van der Waals surface area contributed by atoms with E-state index in [1.54, 1.807) is 12.1 Å². The Labute approximate surface area is 159 Å². The van der Waals surface area contributed by atoms with Crippen LogP contribution in [0.1, 0.15) is 22.8 Å². The summed E-state index contributed by atoms with van der Waals surface area (Å²) in [6.07, 6.45) is 1.39. The number of aliphatic hydroxyl groups is 1. The van der Waals surface area contributed by atoms with Gasteiger partial charge in [-0.05, 0) is 36.8 Å². The van der Waals surface area contributed by atoms with E-state index in [9.17, 15) is 9.59 Å². The minimum Gasteiger partial charge on any atom is -0.480 e. The lowest BCUT2D eigenvalue weighted by molar-refractivity contribution is -0.140. The van der Waals surface area contributed by atoms with Crippen molar-refractivity contribution >= 4 is 33.6 Å². The molecule has 1 aromatic carbocycles. The lowest BCUT2D eigenvalue weighted by Gasteiger charge is -2.22. The number of benzene rings is 1. The Kier molecular flexibility index (Phi) is 7.11. The number of anilines is 1. The Bertz CT molecular complexity index is 767. The summed E-state index contributed by atoms with van der Waals surface area (Å²) in [5.41, 5.74) is 1.35. The molecule has 7 nitrogen and oxygen atoms in total. The first-order chi connectivity index (χ1) is 12.4. The van der Waals surface area contributed by atoms with Crippen molar-refractivity contribution in [1.82, 2.24) is 10.3 Å². The fourth-order valence-electron chi connectivity index (χ4n) is 2.34. The smallest absolute Gasteiger partial charge is 0.328 e. The Morgan fingerprint density at radius 1 is 1.31 bits per heavy atom. The number of amides is 1. The number of carbonyl (C=O) groups is 2. The summed E-state index contributed by atoms with van der Waals surface area (Å²) < 4.78 is 1.00. The fraction of sp³-hybridized carbons (Fsp3) is 0.278. The maximum Gasteiger partial charge on any atom is 0.328 e. The zero-order chi connectivity index (χ0) is 19.1. The van der Waals surface area contributed by atoms with Gasteiger partial charge in [0.05, 0.1) is 12.2 Å². The monoisotopic (exact) mass is 421 g/mol. The number of pyridine rings is 1. The topological polar surface area (TPSA) is 103 Å². The highest BCUT2D eigenvalue weighted by atomic mass is 79.9. The number of aromatic nitrogens is 1. The third-order valence-electron chi connectivity index (χ3n) is 3.76. The van der Waals surface area contributed by atoms with Crippen LogP contribution >= 0.6 is 15.9 Å². The van der Waals surface area contributed by atoms with Gasteiger partial charge in [0.15, 0.2) is 6.04 Å². The van der Waals surface area contributed by atoms with Crippen molar-refractivity contribution in [3.63, 3.8) is 0 Å². The number of hydrogen-bond donors (Lipinski definition) is 3. The number of aliphatic carboxylic acids is 1. The molecule has 0 aliphatic heterocycles. The van der Waals surface area contributed by atoms with Crippen LogP contribution in [0, 0.1) is 0 Å². The third-order valence-corrected chi connectivity index (χ3v) is 4.26. The van der Waals surface area contributed by atoms with Crippen molar-refractivity contribution in [1.29, 1.82) is 0 Å². The Balaban J connectivity index is 2.09. The molecule has 0 fully saturated rings. The second kappa shape index (κ2) is 9.30. The van der Waals surface area contributed by atoms with Crippen LogP contribution in [0.4, 0.5) is 5.82 Å². The SMILES string of the molecule is CCN(Cc1cccc(Br)c1)c1ccc(C(=O)NC(CO)C(=O)O)cn1. The van der Waals surface area contributed by atoms with E-state index in [1.165, 1.54) is 6.20 Å². The molecule has 0 bridgehead atoms. The number of carbonyl (C=O) groups excluding carboxylic acids is 1. The van der Waals surface area contributed by atoms with Crippen LogP contribution in [-0.2, 0) is 11.3 Å². The van der Waals surface area contributed by atoms with Crippen LogP contribution in [0.25, 0.3) is 0 Å². The molecule has 1 aromatic heterocycles. The normalized spacial score (nSPS) is 11.7. The van der Waals surface area contributed by atoms with Crippen LogP contribution < -0.4 is 10.2 Å². The number of rotatable bonds is 8. The van der Waals surface area contributed by atoms with Crippen LogP contribution in [0.2, 0.25) is 0 Å². The van der Waals surface area contributed by atoms with E-state index in [4.69, 9.17) is 10.2 Å². The van der Waals surface area contributed by atoms with E-state index in [-0.39, 0.29) is 5.56 Å². The van der Waals surface area contributed by atoms with Crippen molar-refractivity contribution < 1.29 is 19.8 Å². The Morgan fingerprint density at radius 3 is 2.62 bits per heavy atom. The number of carboxylic acids is 1. The number of nitrogens with zero attached hydrogens (tertiary/aromatic N) is 2. The highest BCUT2D eigenvalue weighted by Crippen LogP contribution is 2.17. The summed E-state index contributed by atoms with van der Waals surface area (Å²) in [7, 11) is 0. The molecule has 0 aliphatic rings. The largest absolute Gasteiger partial charge is 0.480 e. The number of aliphatic hydroxyl groups excluding tert-OH is 1. The van der Waals surface area contributed by atoms with Gasteiger partial charge in [0.2, 0.25) is 0 Å². The molecule has 0 radical (unpaired) electrons. The summed E-state index contributed by atoms with van der Waals surface area (Å²) in [6.45, 7) is 2.73. The molecule has 8 heteroatoms. The molecule has 1 atom stereocenters. The quantitative estimate of drug-likeness (QED) is 0.602. The first kappa shape index (κ1) is 19.9. The van der Waals surface area contributed by atoms with Gasteiger partial charge in [-0.25, -0.2) is 9.78 Å². The van der Waals surface area contributed by atoms with E-state index >= 15 is 0 Å². The van der Waals surface area contributed by atoms with E-state index < -0.39 is 24.5 Å². The van der Waals surface area contributed by atoms with Gasteiger partial charge in [-0.1, -0.05) is 28.1 Å². The van der Waals surface area contributed by atoms with Crippen molar-refractivity contribution in [2.24, 2.45) is 0 Å². The molecular formula is C18H20BrN3O4. The highest BCUT2D eigenvalue weighted by molar-refractivity contribution is 9.10. The van der Waals surface area contributed by atoms with Gasteiger partial charge in [0.1, 0.15) is 5.82 Å². The molecule has 1 amide bonds. The number of halogens is 1. The highest BCUT2D eigenvalue weighted by Gasteiger charge is 2.20. The van der Waals surface area contributed by atoms with Crippen molar-refractivity contribution in [2.45, 2.75) is 19.5 Å². The number of carboxylic acid groups (broad SMARTS) is 1. The van der Waals surface area contributed by atoms with E-state index in [0.29, 0.717) is 12.4 Å². The third kappa shape index (κ3) is 5.27. The van der Waals surface area contributed by atoms with Crippen molar-refractivity contribution in [3.05, 3.63) is 58.2 Å². The van der Waals surface area contributed by atoms with Crippen LogP contribution in [0.3, 0.4) is 0 Å². The minimum absolute atomic E-state index is 0.229. The summed E-state index contributed by atoms with van der Waals surface area (Å²) in [6, 6.07) is 9.94. The van der Waals surface area contributed by atoms with Crippen molar-refractivity contribution in [2.75, 3.05) is 18.1 Å². The zero-order valence-electron chi connectivity index (χ0n) is 14.2. The summed E-state index contributed by atoms with van der Waals surface area (Å²) in [5.74, 6) is -1.18. The van der Waals surface area contributed by atoms with Gasteiger partial charge in [-0.3, -0.25) is 4.79 Å². The number of hydrogen-bond acceptors (Lipinski definition) is 5. The molecule has 0 saturated heterocycles. The van der Waals surface area contributed by atoms with Crippen LogP contribution in [0.15, 0.2) is 47.1 Å². The lowest BCUT2D eigenvalue weighted by Crippen LogP contribution is -2.43. The van der Waals surface area contributed by atoms with Gasteiger partial charge >= 0.3 is 5.97 Å². The minimum atomic E-state index is -1.34. The maximum absolute atomic E-state index is 12.1. The van der Waals surface area contributed by atoms with Gasteiger partial charge in [0, 0.05) is 23.8 Å². The van der Waals surface area contributed by atoms with Crippen LogP contribution in [-0.4, -0.2) is 46.3 Å². The molecule has 0 spiro atoms. The fourth-order valence-corrected chi connectivity index (χ4v) is 2.79. The Hall–Kier alpha value is -2.45.